The molecule has 0 atom stereocenters. The van der Waals surface area contributed by atoms with Crippen molar-refractivity contribution in [2.24, 2.45) is 0 Å². The summed E-state index contributed by atoms with van der Waals surface area (Å²) in [6.45, 7) is 4.23. The van der Waals surface area contributed by atoms with E-state index in [4.69, 9.17) is 7.85 Å². The van der Waals surface area contributed by atoms with Gasteiger partial charge in [-0.2, -0.15) is 0 Å². The zero-order valence-corrected chi connectivity index (χ0v) is 6.40. The smallest absolute Gasteiger partial charge is 0.143 e. The molecule has 1 aromatic rings. The Balaban J connectivity index is 2.94. The van der Waals surface area contributed by atoms with Crippen LogP contribution in [0.2, 0.25) is 0 Å². The highest BCUT2D eigenvalue weighted by Gasteiger charge is 2.03. The van der Waals surface area contributed by atoms with Crippen molar-refractivity contribution in [1.29, 1.82) is 0 Å². The van der Waals surface area contributed by atoms with Crippen LogP contribution < -0.4 is 5.59 Å². The van der Waals surface area contributed by atoms with E-state index in [1.54, 1.807) is 16.8 Å². The van der Waals surface area contributed by atoms with Crippen LogP contribution in [0, 0.1) is 0 Å². The fraction of sp³-hybridized carbons (Fsp3) is 0.500. The van der Waals surface area contributed by atoms with E-state index in [1.807, 2.05) is 0 Å². The Hall–Kier alpha value is -0.305. The molecule has 9 heavy (non-hydrogen) atoms. The molecular formula is C6H8BNS. The molecule has 1 heterocycles. The van der Waals surface area contributed by atoms with Crippen LogP contribution in [0.1, 0.15) is 24.6 Å². The van der Waals surface area contributed by atoms with Gasteiger partial charge in [0.25, 0.3) is 0 Å². The molecule has 2 radical (unpaired) electrons. The second-order valence-corrected chi connectivity index (χ2v) is 3.14. The predicted molar refractivity (Wildman–Crippen MR) is 41.6 cm³/mol. The van der Waals surface area contributed by atoms with Crippen molar-refractivity contribution in [2.45, 2.75) is 19.8 Å². The fourth-order valence-corrected chi connectivity index (χ4v) is 1.42. The Bertz CT molecular complexity index is 195. The number of thiazole rings is 1. The zero-order chi connectivity index (χ0) is 6.85. The predicted octanol–water partition coefficient (Wildman–Crippen LogP) is 1.06. The molecule has 0 aliphatic carbocycles. The van der Waals surface area contributed by atoms with Gasteiger partial charge in [-0.3, -0.25) is 4.98 Å². The Morgan fingerprint density at radius 2 is 2.33 bits per heavy atom. The largest absolute Gasteiger partial charge is 0.261 e. The monoisotopic (exact) mass is 137 g/mol. The third kappa shape index (κ3) is 1.33. The second kappa shape index (κ2) is 2.52. The van der Waals surface area contributed by atoms with Gasteiger partial charge in [0, 0.05) is 10.5 Å². The molecule has 0 amide bonds. The second-order valence-electron chi connectivity index (χ2n) is 2.26. The zero-order valence-electron chi connectivity index (χ0n) is 5.59. The van der Waals surface area contributed by atoms with Gasteiger partial charge in [0.15, 0.2) is 0 Å². The van der Waals surface area contributed by atoms with E-state index in [1.165, 1.54) is 4.88 Å². The molecule has 1 rings (SSSR count). The third-order valence-corrected chi connectivity index (χ3v) is 2.29. The number of aromatic nitrogens is 1. The van der Waals surface area contributed by atoms with E-state index in [2.05, 4.69) is 18.8 Å². The minimum absolute atomic E-state index is 0.512. The highest BCUT2D eigenvalue weighted by atomic mass is 32.1. The molecule has 0 fully saturated rings. The summed E-state index contributed by atoms with van der Waals surface area (Å²) >= 11 is 1.62. The van der Waals surface area contributed by atoms with Crippen LogP contribution in [0.3, 0.4) is 0 Å². The van der Waals surface area contributed by atoms with Gasteiger partial charge in [0.1, 0.15) is 7.85 Å². The summed E-state index contributed by atoms with van der Waals surface area (Å²) < 4.78 is 0. The van der Waals surface area contributed by atoms with Crippen molar-refractivity contribution >= 4 is 24.8 Å². The van der Waals surface area contributed by atoms with Gasteiger partial charge in [0.05, 0.1) is 5.51 Å². The van der Waals surface area contributed by atoms with Gasteiger partial charge in [-0.15, -0.1) is 11.3 Å². The minimum atomic E-state index is 0.512. The molecule has 0 N–H and O–H groups in total. The van der Waals surface area contributed by atoms with Gasteiger partial charge < -0.3 is 0 Å². The Kier molecular flexibility index (Phi) is 1.91. The number of hydrogen-bond acceptors (Lipinski definition) is 2. The lowest BCUT2D eigenvalue weighted by molar-refractivity contribution is 0.893. The summed E-state index contributed by atoms with van der Waals surface area (Å²) in [5.41, 5.74) is 2.47. The summed E-state index contributed by atoms with van der Waals surface area (Å²) in [6.07, 6.45) is 0. The molecule has 0 unspecified atom stereocenters. The van der Waals surface area contributed by atoms with Crippen LogP contribution in [0.5, 0.6) is 0 Å². The van der Waals surface area contributed by atoms with Crippen molar-refractivity contribution in [2.75, 3.05) is 0 Å². The number of rotatable bonds is 1. The molecule has 46 valence electrons. The molecule has 0 bridgehead atoms. The summed E-state index contributed by atoms with van der Waals surface area (Å²) in [5.74, 6) is 0.512. The van der Waals surface area contributed by atoms with Gasteiger partial charge >= 0.3 is 0 Å². The maximum absolute atomic E-state index is 5.54. The fourth-order valence-electron chi connectivity index (χ4n) is 0.696. The molecule has 0 spiro atoms. The van der Waals surface area contributed by atoms with Crippen LogP contribution in [0.4, 0.5) is 0 Å². The van der Waals surface area contributed by atoms with E-state index in [-0.39, 0.29) is 0 Å². The minimum Gasteiger partial charge on any atom is -0.261 e. The Morgan fingerprint density at radius 1 is 1.67 bits per heavy atom. The standard InChI is InChI=1S/C6H8BNS/c1-4(2)5-6(7)8-3-9-5/h3-4H,1-2H3. The van der Waals surface area contributed by atoms with E-state index < -0.39 is 0 Å². The van der Waals surface area contributed by atoms with E-state index in [9.17, 15) is 0 Å². The average molecular weight is 137 g/mol. The molecule has 1 aromatic heterocycles. The maximum atomic E-state index is 5.54. The topological polar surface area (TPSA) is 12.9 Å². The van der Waals surface area contributed by atoms with Crippen LogP contribution >= 0.6 is 11.3 Å². The lowest BCUT2D eigenvalue weighted by atomic mass is 9.98. The maximum Gasteiger partial charge on any atom is 0.143 e. The quantitative estimate of drug-likeness (QED) is 0.527. The normalized spacial score (nSPS) is 10.6. The molecule has 0 aliphatic rings. The lowest BCUT2D eigenvalue weighted by Crippen LogP contribution is -2.09. The van der Waals surface area contributed by atoms with Crippen LogP contribution in [-0.4, -0.2) is 12.8 Å². The third-order valence-electron chi connectivity index (χ3n) is 1.15. The van der Waals surface area contributed by atoms with Gasteiger partial charge in [0.2, 0.25) is 0 Å². The SMILES string of the molecule is [B]c1ncsc1C(C)C. The highest BCUT2D eigenvalue weighted by Crippen LogP contribution is 2.14. The van der Waals surface area contributed by atoms with Crippen molar-refractivity contribution < 1.29 is 0 Å². The summed E-state index contributed by atoms with van der Waals surface area (Å²) in [6, 6.07) is 0. The first kappa shape index (κ1) is 6.81. The first-order valence-corrected chi connectivity index (χ1v) is 3.78. The van der Waals surface area contributed by atoms with Gasteiger partial charge in [-0.25, -0.2) is 0 Å². The first-order valence-electron chi connectivity index (χ1n) is 2.90. The van der Waals surface area contributed by atoms with Crippen molar-refractivity contribution in [1.82, 2.24) is 4.98 Å². The van der Waals surface area contributed by atoms with Gasteiger partial charge in [-0.05, 0) is 5.92 Å². The molecule has 0 aromatic carbocycles. The van der Waals surface area contributed by atoms with E-state index >= 15 is 0 Å². The van der Waals surface area contributed by atoms with Crippen LogP contribution in [-0.2, 0) is 0 Å². The molecule has 3 heteroatoms. The van der Waals surface area contributed by atoms with Crippen molar-refractivity contribution in [3.63, 3.8) is 0 Å². The molecular weight excluding hydrogens is 129 g/mol. The number of nitrogens with zero attached hydrogens (tertiary/aromatic N) is 1. The Morgan fingerprint density at radius 3 is 2.56 bits per heavy atom. The first-order chi connectivity index (χ1) is 4.22. The van der Waals surface area contributed by atoms with Crippen molar-refractivity contribution in [3.05, 3.63) is 10.4 Å². The summed E-state index contributed by atoms with van der Waals surface area (Å²) in [5, 5.41) is 0. The summed E-state index contributed by atoms with van der Waals surface area (Å²) in [7, 11) is 5.54. The molecule has 0 saturated carbocycles. The van der Waals surface area contributed by atoms with Crippen molar-refractivity contribution in [3.8, 4) is 0 Å². The lowest BCUT2D eigenvalue weighted by Gasteiger charge is -1.99. The van der Waals surface area contributed by atoms with Gasteiger partial charge in [-0.1, -0.05) is 13.8 Å². The molecule has 0 aliphatic heterocycles. The molecule has 0 saturated heterocycles. The number of hydrogen-bond donors (Lipinski definition) is 0. The van der Waals surface area contributed by atoms with E-state index in [0.29, 0.717) is 11.5 Å². The van der Waals surface area contributed by atoms with E-state index in [0.717, 1.165) is 0 Å². The molecule has 1 nitrogen and oxygen atoms in total. The Labute approximate surface area is 60.5 Å². The highest BCUT2D eigenvalue weighted by molar-refractivity contribution is 7.10. The summed E-state index contributed by atoms with van der Waals surface area (Å²) in [4.78, 5) is 5.12. The average Bonchev–Trinajstić information content (AvgIpc) is 2.13. The van der Waals surface area contributed by atoms with Crippen LogP contribution in [0.15, 0.2) is 5.51 Å². The van der Waals surface area contributed by atoms with Crippen LogP contribution in [0.25, 0.3) is 0 Å².